The first-order valence-electron chi connectivity index (χ1n) is 5.76. The molecule has 3 N–H and O–H groups in total. The molecule has 0 aliphatic carbocycles. The van der Waals surface area contributed by atoms with E-state index in [0.29, 0.717) is 5.56 Å². The van der Waals surface area contributed by atoms with Crippen LogP contribution in [-0.2, 0) is 0 Å². The number of hydrogen-bond acceptors (Lipinski definition) is 2. The van der Waals surface area contributed by atoms with Crippen LogP contribution in [0.1, 0.15) is 11.6 Å². The zero-order chi connectivity index (χ0) is 13.8. The molecule has 2 aromatic rings. The topological polar surface area (TPSA) is 38.0 Å². The lowest BCUT2D eigenvalue weighted by Gasteiger charge is -2.19. The van der Waals surface area contributed by atoms with Crippen molar-refractivity contribution in [3.63, 3.8) is 0 Å². The van der Waals surface area contributed by atoms with Gasteiger partial charge in [-0.1, -0.05) is 15.9 Å². The van der Waals surface area contributed by atoms with Crippen LogP contribution in [0.4, 0.5) is 14.5 Å². The zero-order valence-corrected chi connectivity index (χ0v) is 11.6. The van der Waals surface area contributed by atoms with E-state index in [1.54, 1.807) is 0 Å². The van der Waals surface area contributed by atoms with Crippen molar-refractivity contribution in [1.29, 1.82) is 0 Å². The van der Waals surface area contributed by atoms with Gasteiger partial charge in [-0.2, -0.15) is 0 Å². The Hall–Kier alpha value is -1.46. The Morgan fingerprint density at radius 3 is 2.16 bits per heavy atom. The van der Waals surface area contributed by atoms with Crippen LogP contribution in [0.3, 0.4) is 0 Å². The molecule has 0 heterocycles. The fraction of sp³-hybridized carbons (Fsp3) is 0.143. The van der Waals surface area contributed by atoms with Crippen molar-refractivity contribution < 1.29 is 8.78 Å². The van der Waals surface area contributed by atoms with Gasteiger partial charge in [-0.15, -0.1) is 0 Å². The highest BCUT2D eigenvalue weighted by Gasteiger charge is 2.12. The van der Waals surface area contributed by atoms with Crippen molar-refractivity contribution in [2.24, 2.45) is 5.73 Å². The largest absolute Gasteiger partial charge is 0.377 e. The van der Waals surface area contributed by atoms with Crippen LogP contribution in [0.25, 0.3) is 0 Å². The summed E-state index contributed by atoms with van der Waals surface area (Å²) in [5, 5.41) is 3.15. The number of nitrogens with one attached hydrogen (secondary N) is 1. The molecule has 1 unspecified atom stereocenters. The summed E-state index contributed by atoms with van der Waals surface area (Å²) in [6.45, 7) is 0.235. The third kappa shape index (κ3) is 3.75. The summed E-state index contributed by atoms with van der Waals surface area (Å²) in [6.07, 6.45) is 0. The van der Waals surface area contributed by atoms with E-state index in [4.69, 9.17) is 5.73 Å². The number of benzene rings is 2. The fourth-order valence-electron chi connectivity index (χ4n) is 1.80. The first kappa shape index (κ1) is 14.0. The molecule has 0 spiro atoms. The third-order valence-corrected chi connectivity index (χ3v) is 3.24. The zero-order valence-electron chi connectivity index (χ0n) is 10.0. The predicted octanol–water partition coefficient (Wildman–Crippen LogP) is 3.84. The molecule has 19 heavy (non-hydrogen) atoms. The maximum atomic E-state index is 13.2. The van der Waals surface area contributed by atoms with Crippen LogP contribution in [0, 0.1) is 11.6 Å². The summed E-state index contributed by atoms with van der Waals surface area (Å²) in [5.74, 6) is -1.21. The van der Waals surface area contributed by atoms with E-state index in [1.807, 2.05) is 24.3 Å². The van der Waals surface area contributed by atoms with E-state index in [2.05, 4.69) is 21.2 Å². The molecule has 2 nitrogen and oxygen atoms in total. The Bertz CT molecular complexity index is 538. The van der Waals surface area contributed by atoms with Crippen molar-refractivity contribution in [2.45, 2.75) is 6.04 Å². The Balaban J connectivity index is 2.22. The van der Waals surface area contributed by atoms with Gasteiger partial charge in [0.05, 0.1) is 6.04 Å². The lowest BCUT2D eigenvalue weighted by molar-refractivity contribution is 0.576. The second-order valence-electron chi connectivity index (χ2n) is 4.14. The first-order valence-corrected chi connectivity index (χ1v) is 6.56. The molecule has 5 heteroatoms. The van der Waals surface area contributed by atoms with E-state index >= 15 is 0 Å². The van der Waals surface area contributed by atoms with Crippen molar-refractivity contribution in [1.82, 2.24) is 0 Å². The molecule has 2 rings (SSSR count). The van der Waals surface area contributed by atoms with Gasteiger partial charge in [-0.05, 0) is 42.0 Å². The molecule has 0 aromatic heterocycles. The molecule has 0 saturated carbocycles. The summed E-state index contributed by atoms with van der Waals surface area (Å²) in [5.41, 5.74) is 6.99. The van der Waals surface area contributed by atoms with Crippen molar-refractivity contribution in [3.8, 4) is 0 Å². The monoisotopic (exact) mass is 326 g/mol. The summed E-state index contributed by atoms with van der Waals surface area (Å²) in [7, 11) is 0. The van der Waals surface area contributed by atoms with Gasteiger partial charge in [-0.25, -0.2) is 8.78 Å². The highest BCUT2D eigenvalue weighted by molar-refractivity contribution is 9.10. The second kappa shape index (κ2) is 6.12. The number of hydrogen-bond donors (Lipinski definition) is 2. The van der Waals surface area contributed by atoms with E-state index in [-0.39, 0.29) is 12.6 Å². The van der Waals surface area contributed by atoms with Gasteiger partial charge < -0.3 is 11.1 Å². The average molecular weight is 327 g/mol. The van der Waals surface area contributed by atoms with Crippen LogP contribution in [-0.4, -0.2) is 6.54 Å². The number of rotatable bonds is 4. The molecular weight excluding hydrogens is 314 g/mol. The normalized spacial score (nSPS) is 12.2. The van der Waals surface area contributed by atoms with Crippen LogP contribution >= 0.6 is 15.9 Å². The van der Waals surface area contributed by atoms with Gasteiger partial charge in [0.25, 0.3) is 0 Å². The average Bonchev–Trinajstić information content (AvgIpc) is 2.37. The molecule has 0 saturated heterocycles. The minimum absolute atomic E-state index is 0.235. The smallest absolute Gasteiger partial charge is 0.126 e. The molecule has 0 aliphatic heterocycles. The molecule has 0 bridgehead atoms. The lowest BCUT2D eigenvalue weighted by atomic mass is 10.1. The lowest BCUT2D eigenvalue weighted by Crippen LogP contribution is -2.20. The number of halogens is 3. The van der Waals surface area contributed by atoms with Crippen molar-refractivity contribution in [2.75, 3.05) is 11.9 Å². The standard InChI is InChI=1S/C14H13BrF2N2/c15-10-1-3-13(4-2-10)19-14(8-18)9-5-11(16)7-12(17)6-9/h1-7,14,19H,8,18H2. The van der Waals surface area contributed by atoms with E-state index in [9.17, 15) is 8.78 Å². The summed E-state index contributed by atoms with van der Waals surface area (Å²) < 4.78 is 27.4. The number of nitrogens with two attached hydrogens (primary N) is 1. The molecule has 0 radical (unpaired) electrons. The molecule has 100 valence electrons. The Morgan fingerprint density at radius 1 is 1.05 bits per heavy atom. The second-order valence-corrected chi connectivity index (χ2v) is 5.06. The minimum Gasteiger partial charge on any atom is -0.377 e. The summed E-state index contributed by atoms with van der Waals surface area (Å²) in [4.78, 5) is 0. The fourth-order valence-corrected chi connectivity index (χ4v) is 2.07. The Kier molecular flexibility index (Phi) is 4.50. The van der Waals surface area contributed by atoms with E-state index in [0.717, 1.165) is 16.2 Å². The predicted molar refractivity (Wildman–Crippen MR) is 75.9 cm³/mol. The van der Waals surface area contributed by atoms with Crippen LogP contribution in [0.5, 0.6) is 0 Å². The Labute approximate surface area is 118 Å². The van der Waals surface area contributed by atoms with Gasteiger partial charge in [0.2, 0.25) is 0 Å². The van der Waals surface area contributed by atoms with Crippen molar-refractivity contribution >= 4 is 21.6 Å². The summed E-state index contributed by atoms with van der Waals surface area (Å²) >= 11 is 3.34. The minimum atomic E-state index is -0.606. The Morgan fingerprint density at radius 2 is 1.63 bits per heavy atom. The highest BCUT2D eigenvalue weighted by Crippen LogP contribution is 2.22. The molecule has 0 aliphatic rings. The van der Waals surface area contributed by atoms with Crippen molar-refractivity contribution in [3.05, 3.63) is 64.1 Å². The quantitative estimate of drug-likeness (QED) is 0.895. The molecule has 0 fully saturated rings. The first-order chi connectivity index (χ1) is 9.08. The molecule has 1 atom stereocenters. The maximum absolute atomic E-state index is 13.2. The van der Waals surface area contributed by atoms with Crippen LogP contribution < -0.4 is 11.1 Å². The van der Waals surface area contributed by atoms with E-state index in [1.165, 1.54) is 12.1 Å². The molecular formula is C14H13BrF2N2. The van der Waals surface area contributed by atoms with E-state index < -0.39 is 11.6 Å². The third-order valence-electron chi connectivity index (χ3n) is 2.71. The van der Waals surface area contributed by atoms with Gasteiger partial charge >= 0.3 is 0 Å². The number of anilines is 1. The van der Waals surface area contributed by atoms with Crippen LogP contribution in [0.15, 0.2) is 46.9 Å². The van der Waals surface area contributed by atoms with Gasteiger partial charge in [0.1, 0.15) is 11.6 Å². The SMILES string of the molecule is NCC(Nc1ccc(Br)cc1)c1cc(F)cc(F)c1. The van der Waals surface area contributed by atoms with Crippen LogP contribution in [0.2, 0.25) is 0 Å². The molecule has 0 amide bonds. The molecule has 2 aromatic carbocycles. The van der Waals surface area contributed by atoms with Gasteiger partial charge in [0.15, 0.2) is 0 Å². The highest BCUT2D eigenvalue weighted by atomic mass is 79.9. The van der Waals surface area contributed by atoms with Gasteiger partial charge in [-0.3, -0.25) is 0 Å². The van der Waals surface area contributed by atoms with Gasteiger partial charge in [0, 0.05) is 22.8 Å². The summed E-state index contributed by atoms with van der Waals surface area (Å²) in [6, 6.07) is 10.6. The maximum Gasteiger partial charge on any atom is 0.126 e.